The number of hydrogen-bond donors (Lipinski definition) is 0. The van der Waals surface area contributed by atoms with Crippen molar-refractivity contribution < 1.29 is 4.74 Å². The summed E-state index contributed by atoms with van der Waals surface area (Å²) in [6, 6.07) is 5.30. The Morgan fingerprint density at radius 2 is 2.00 bits per heavy atom. The Morgan fingerprint density at radius 1 is 1.21 bits per heavy atom. The van der Waals surface area contributed by atoms with Gasteiger partial charge in [0.05, 0.1) is 17.0 Å². The number of likely N-dealkylation sites (tertiary alicyclic amines) is 1. The zero-order chi connectivity index (χ0) is 19.9. The summed E-state index contributed by atoms with van der Waals surface area (Å²) in [6.45, 7) is 8.69. The second-order valence-corrected chi connectivity index (χ2v) is 9.04. The molecule has 0 radical (unpaired) electrons. The summed E-state index contributed by atoms with van der Waals surface area (Å²) in [4.78, 5) is 20.4. The molecule has 0 saturated carbocycles. The SMILES string of the molecule is CC(C)OCCCn1c(SCCN2CCCCC2)nc2cc(Cl)ccc2c1=O. The summed E-state index contributed by atoms with van der Waals surface area (Å²) in [5.41, 5.74) is 0.680. The number of nitrogens with zero attached hydrogens (tertiary/aromatic N) is 3. The number of piperidine rings is 1. The molecule has 1 aromatic heterocycles. The lowest BCUT2D eigenvalue weighted by molar-refractivity contribution is 0.0743. The molecule has 0 bridgehead atoms. The quantitative estimate of drug-likeness (QED) is 0.339. The van der Waals surface area contributed by atoms with Crippen molar-refractivity contribution in [3.63, 3.8) is 0 Å². The molecular formula is C21H30ClN3O2S. The van der Waals surface area contributed by atoms with Crippen LogP contribution in [0.25, 0.3) is 10.9 Å². The standard InChI is InChI=1S/C21H30ClN3O2S/c1-16(2)27-13-6-11-25-20(26)18-8-7-17(22)15-19(18)23-21(25)28-14-12-24-9-4-3-5-10-24/h7-8,15-16H,3-6,9-14H2,1-2H3. The van der Waals surface area contributed by atoms with E-state index in [-0.39, 0.29) is 11.7 Å². The second-order valence-electron chi connectivity index (χ2n) is 7.54. The van der Waals surface area contributed by atoms with E-state index in [1.807, 2.05) is 13.8 Å². The van der Waals surface area contributed by atoms with Crippen LogP contribution in [0.5, 0.6) is 0 Å². The van der Waals surface area contributed by atoms with Crippen molar-refractivity contribution in [2.24, 2.45) is 0 Å². The average molecular weight is 424 g/mol. The Balaban J connectivity index is 1.76. The van der Waals surface area contributed by atoms with Crippen molar-refractivity contribution in [1.82, 2.24) is 14.5 Å². The molecule has 154 valence electrons. The highest BCUT2D eigenvalue weighted by atomic mass is 35.5. The predicted octanol–water partition coefficient (Wildman–Crippen LogP) is 4.44. The van der Waals surface area contributed by atoms with Crippen LogP contribution < -0.4 is 5.56 Å². The van der Waals surface area contributed by atoms with Gasteiger partial charge in [0.15, 0.2) is 5.16 Å². The van der Waals surface area contributed by atoms with E-state index < -0.39 is 0 Å². The Hall–Kier alpha value is -1.08. The Bertz CT molecular complexity index is 834. The van der Waals surface area contributed by atoms with Gasteiger partial charge in [0.1, 0.15) is 0 Å². The van der Waals surface area contributed by atoms with Gasteiger partial charge in [-0.15, -0.1) is 0 Å². The lowest BCUT2D eigenvalue weighted by Crippen LogP contribution is -2.32. The van der Waals surface area contributed by atoms with E-state index in [2.05, 4.69) is 4.90 Å². The van der Waals surface area contributed by atoms with E-state index in [4.69, 9.17) is 21.3 Å². The highest BCUT2D eigenvalue weighted by Crippen LogP contribution is 2.21. The Kier molecular flexibility index (Phi) is 8.21. The molecule has 0 aliphatic carbocycles. The number of ether oxygens (including phenoxy) is 1. The third kappa shape index (κ3) is 5.96. The van der Waals surface area contributed by atoms with Gasteiger partial charge in [0.25, 0.3) is 5.56 Å². The van der Waals surface area contributed by atoms with Crippen LogP contribution in [0.2, 0.25) is 5.02 Å². The average Bonchev–Trinajstić information content (AvgIpc) is 2.67. The van der Waals surface area contributed by atoms with Gasteiger partial charge in [-0.2, -0.15) is 0 Å². The topological polar surface area (TPSA) is 47.4 Å². The molecule has 1 aliphatic heterocycles. The summed E-state index contributed by atoms with van der Waals surface area (Å²) in [5, 5.41) is 2.00. The van der Waals surface area contributed by atoms with Crippen LogP contribution in [-0.2, 0) is 11.3 Å². The zero-order valence-corrected chi connectivity index (χ0v) is 18.4. The van der Waals surface area contributed by atoms with Crippen LogP contribution in [0.1, 0.15) is 39.5 Å². The van der Waals surface area contributed by atoms with E-state index in [1.165, 1.54) is 32.4 Å². The summed E-state index contributed by atoms with van der Waals surface area (Å²) in [5.74, 6) is 0.932. The lowest BCUT2D eigenvalue weighted by Gasteiger charge is -2.26. The minimum Gasteiger partial charge on any atom is -0.379 e. The number of rotatable bonds is 9. The zero-order valence-electron chi connectivity index (χ0n) is 16.8. The molecule has 0 N–H and O–H groups in total. The first-order chi connectivity index (χ1) is 13.5. The summed E-state index contributed by atoms with van der Waals surface area (Å²) in [6.07, 6.45) is 4.91. The molecule has 7 heteroatoms. The molecule has 1 fully saturated rings. The maximum atomic E-state index is 13.1. The van der Waals surface area contributed by atoms with Gasteiger partial charge in [-0.05, 0) is 64.4 Å². The number of aromatic nitrogens is 2. The monoisotopic (exact) mass is 423 g/mol. The van der Waals surface area contributed by atoms with Crippen LogP contribution in [-0.4, -0.2) is 52.5 Å². The number of halogens is 1. The molecule has 0 unspecified atom stereocenters. The minimum atomic E-state index is 0.00619. The molecule has 1 aromatic carbocycles. The molecule has 1 aliphatic rings. The lowest BCUT2D eigenvalue weighted by atomic mass is 10.1. The molecule has 1 saturated heterocycles. The maximum Gasteiger partial charge on any atom is 0.262 e. The van der Waals surface area contributed by atoms with Gasteiger partial charge in [0.2, 0.25) is 0 Å². The van der Waals surface area contributed by atoms with E-state index in [0.717, 1.165) is 23.9 Å². The van der Waals surface area contributed by atoms with Crippen molar-refractivity contribution in [1.29, 1.82) is 0 Å². The molecule has 0 spiro atoms. The third-order valence-electron chi connectivity index (χ3n) is 4.95. The van der Waals surface area contributed by atoms with Gasteiger partial charge in [-0.3, -0.25) is 9.36 Å². The number of benzene rings is 1. The number of fused-ring (bicyclic) bond motifs is 1. The number of thioether (sulfide) groups is 1. The van der Waals surface area contributed by atoms with Gasteiger partial charge in [-0.1, -0.05) is 29.8 Å². The first kappa shape index (κ1) is 21.6. The predicted molar refractivity (Wildman–Crippen MR) is 118 cm³/mol. The first-order valence-corrected chi connectivity index (χ1v) is 11.6. The van der Waals surface area contributed by atoms with E-state index in [1.54, 1.807) is 34.5 Å². The fourth-order valence-electron chi connectivity index (χ4n) is 3.47. The molecule has 0 atom stereocenters. The van der Waals surface area contributed by atoms with Crippen molar-refractivity contribution in [2.75, 3.05) is 32.0 Å². The summed E-state index contributed by atoms with van der Waals surface area (Å²) < 4.78 is 7.45. The minimum absolute atomic E-state index is 0.00619. The maximum absolute atomic E-state index is 13.1. The fourth-order valence-corrected chi connectivity index (χ4v) is 4.66. The van der Waals surface area contributed by atoms with Crippen LogP contribution in [0, 0.1) is 0 Å². The molecule has 0 amide bonds. The molecule has 2 heterocycles. The molecule has 2 aromatic rings. The largest absolute Gasteiger partial charge is 0.379 e. The highest BCUT2D eigenvalue weighted by molar-refractivity contribution is 7.99. The smallest absolute Gasteiger partial charge is 0.262 e. The first-order valence-electron chi connectivity index (χ1n) is 10.2. The van der Waals surface area contributed by atoms with Gasteiger partial charge >= 0.3 is 0 Å². The van der Waals surface area contributed by atoms with Crippen molar-refractivity contribution >= 4 is 34.3 Å². The van der Waals surface area contributed by atoms with Gasteiger partial charge in [-0.25, -0.2) is 4.98 Å². The summed E-state index contributed by atoms with van der Waals surface area (Å²) >= 11 is 7.79. The van der Waals surface area contributed by atoms with Gasteiger partial charge in [0, 0.05) is 30.5 Å². The summed E-state index contributed by atoms with van der Waals surface area (Å²) in [7, 11) is 0. The van der Waals surface area contributed by atoms with Gasteiger partial charge < -0.3 is 9.64 Å². The molecule has 5 nitrogen and oxygen atoms in total. The number of hydrogen-bond acceptors (Lipinski definition) is 5. The molecule has 3 rings (SSSR count). The third-order valence-corrected chi connectivity index (χ3v) is 6.14. The van der Waals surface area contributed by atoms with Crippen LogP contribution in [0.4, 0.5) is 0 Å². The Labute approximate surface area is 176 Å². The van der Waals surface area contributed by atoms with E-state index in [0.29, 0.717) is 29.1 Å². The van der Waals surface area contributed by atoms with Crippen LogP contribution in [0.15, 0.2) is 28.2 Å². The van der Waals surface area contributed by atoms with E-state index in [9.17, 15) is 4.79 Å². The van der Waals surface area contributed by atoms with Crippen molar-refractivity contribution in [2.45, 2.75) is 57.3 Å². The molecule has 28 heavy (non-hydrogen) atoms. The normalized spacial score (nSPS) is 15.6. The molecular weight excluding hydrogens is 394 g/mol. The van der Waals surface area contributed by atoms with Crippen LogP contribution in [0.3, 0.4) is 0 Å². The fraction of sp³-hybridized carbons (Fsp3) is 0.619. The van der Waals surface area contributed by atoms with Crippen molar-refractivity contribution in [3.05, 3.63) is 33.6 Å². The Morgan fingerprint density at radius 3 is 2.75 bits per heavy atom. The second kappa shape index (κ2) is 10.6. The van der Waals surface area contributed by atoms with Crippen LogP contribution >= 0.6 is 23.4 Å². The van der Waals surface area contributed by atoms with E-state index >= 15 is 0 Å². The van der Waals surface area contributed by atoms with Crippen molar-refractivity contribution in [3.8, 4) is 0 Å². The highest BCUT2D eigenvalue weighted by Gasteiger charge is 2.14.